The maximum Gasteiger partial charge on any atom is 0.343 e. The molecule has 3 rings (SSSR count). The molecule has 3 aromatic carbocycles. The van der Waals surface area contributed by atoms with Gasteiger partial charge in [-0.15, -0.1) is 0 Å². The highest BCUT2D eigenvalue weighted by Gasteiger charge is 2.16. The maximum atomic E-state index is 12.4. The Morgan fingerprint density at radius 2 is 1.45 bits per heavy atom. The standard InChI is InChI=1S/C21H13BrN4O7/c22-16-5-1-13(2-6-16)20(27)24-23-12-15-11-18(26(31)32)9-10-19(15)33-21(28)14-3-7-17(8-4-14)25(29)30/h1-12H,(H,24,27)/b23-12+. The van der Waals surface area contributed by atoms with Crippen molar-refractivity contribution in [2.45, 2.75) is 0 Å². The van der Waals surface area contributed by atoms with Crippen LogP contribution in [0.4, 0.5) is 11.4 Å². The molecule has 0 aromatic heterocycles. The third-order valence-corrected chi connectivity index (χ3v) is 4.73. The second-order valence-corrected chi connectivity index (χ2v) is 7.29. The molecule has 0 fully saturated rings. The van der Waals surface area contributed by atoms with E-state index >= 15 is 0 Å². The second-order valence-electron chi connectivity index (χ2n) is 6.38. The largest absolute Gasteiger partial charge is 0.422 e. The number of benzene rings is 3. The number of hydrogen-bond acceptors (Lipinski definition) is 8. The van der Waals surface area contributed by atoms with Crippen molar-refractivity contribution in [2.75, 3.05) is 0 Å². The summed E-state index contributed by atoms with van der Waals surface area (Å²) in [6.45, 7) is 0. The lowest BCUT2D eigenvalue weighted by atomic mass is 10.2. The van der Waals surface area contributed by atoms with E-state index in [1.54, 1.807) is 24.3 Å². The fourth-order valence-electron chi connectivity index (χ4n) is 2.55. The highest BCUT2D eigenvalue weighted by Crippen LogP contribution is 2.24. The fourth-order valence-corrected chi connectivity index (χ4v) is 2.81. The van der Waals surface area contributed by atoms with E-state index in [4.69, 9.17) is 4.74 Å². The normalized spacial score (nSPS) is 10.6. The van der Waals surface area contributed by atoms with Crippen molar-refractivity contribution >= 4 is 45.4 Å². The van der Waals surface area contributed by atoms with Crippen molar-refractivity contribution in [2.24, 2.45) is 5.10 Å². The van der Waals surface area contributed by atoms with Crippen LogP contribution >= 0.6 is 15.9 Å². The van der Waals surface area contributed by atoms with Gasteiger partial charge in [-0.05, 0) is 42.5 Å². The van der Waals surface area contributed by atoms with Gasteiger partial charge in [-0.2, -0.15) is 5.10 Å². The first kappa shape index (κ1) is 23.2. The smallest absolute Gasteiger partial charge is 0.343 e. The SMILES string of the molecule is O=C(N/N=C/c1cc([N+](=O)[O-])ccc1OC(=O)c1ccc([N+](=O)[O-])cc1)c1ccc(Br)cc1. The number of ether oxygens (including phenoxy) is 1. The van der Waals surface area contributed by atoms with Crippen LogP contribution in [0.2, 0.25) is 0 Å². The molecular weight excluding hydrogens is 500 g/mol. The van der Waals surface area contributed by atoms with E-state index < -0.39 is 21.7 Å². The molecule has 1 N–H and O–H groups in total. The van der Waals surface area contributed by atoms with E-state index in [0.29, 0.717) is 5.56 Å². The van der Waals surface area contributed by atoms with Crippen molar-refractivity contribution in [3.63, 3.8) is 0 Å². The van der Waals surface area contributed by atoms with Crippen LogP contribution in [0, 0.1) is 20.2 Å². The van der Waals surface area contributed by atoms with Crippen LogP contribution < -0.4 is 10.2 Å². The molecule has 0 atom stereocenters. The molecule has 1 amide bonds. The Morgan fingerprint density at radius 3 is 2.06 bits per heavy atom. The molecule has 0 saturated carbocycles. The van der Waals surface area contributed by atoms with E-state index in [0.717, 1.165) is 35.0 Å². The van der Waals surface area contributed by atoms with Gasteiger partial charge in [0.15, 0.2) is 0 Å². The van der Waals surface area contributed by atoms with Crippen LogP contribution in [0.1, 0.15) is 26.3 Å². The average Bonchev–Trinajstić information content (AvgIpc) is 2.80. The molecule has 11 nitrogen and oxygen atoms in total. The van der Waals surface area contributed by atoms with Crippen molar-refractivity contribution in [3.8, 4) is 5.75 Å². The van der Waals surface area contributed by atoms with E-state index in [1.165, 1.54) is 18.2 Å². The van der Waals surface area contributed by atoms with Gasteiger partial charge in [0.2, 0.25) is 0 Å². The van der Waals surface area contributed by atoms with Gasteiger partial charge in [0.25, 0.3) is 17.3 Å². The zero-order chi connectivity index (χ0) is 24.0. The van der Waals surface area contributed by atoms with Gasteiger partial charge in [0, 0.05) is 39.9 Å². The number of halogens is 1. The first-order valence-corrected chi connectivity index (χ1v) is 9.88. The number of carbonyl (C=O) groups excluding carboxylic acids is 2. The number of rotatable bonds is 7. The summed E-state index contributed by atoms with van der Waals surface area (Å²) in [7, 11) is 0. The molecule has 0 aliphatic carbocycles. The Labute approximate surface area is 194 Å². The third-order valence-electron chi connectivity index (χ3n) is 4.20. The highest BCUT2D eigenvalue weighted by atomic mass is 79.9. The molecule has 3 aromatic rings. The number of hydrogen-bond donors (Lipinski definition) is 1. The van der Waals surface area contributed by atoms with E-state index in [9.17, 15) is 29.8 Å². The van der Waals surface area contributed by atoms with E-state index in [1.807, 2.05) is 0 Å². The van der Waals surface area contributed by atoms with Crippen LogP contribution in [0.3, 0.4) is 0 Å². The lowest BCUT2D eigenvalue weighted by molar-refractivity contribution is -0.385. The minimum atomic E-state index is -0.840. The zero-order valence-corrected chi connectivity index (χ0v) is 18.1. The van der Waals surface area contributed by atoms with E-state index in [-0.39, 0.29) is 28.3 Å². The van der Waals surface area contributed by atoms with Gasteiger partial charge >= 0.3 is 5.97 Å². The highest BCUT2D eigenvalue weighted by molar-refractivity contribution is 9.10. The maximum absolute atomic E-state index is 12.4. The fraction of sp³-hybridized carbons (Fsp3) is 0. The Hall–Kier alpha value is -4.45. The summed E-state index contributed by atoms with van der Waals surface area (Å²) in [6, 6.07) is 14.7. The number of nitro groups is 2. The van der Waals surface area contributed by atoms with Gasteiger partial charge in [-0.3, -0.25) is 25.0 Å². The summed E-state index contributed by atoms with van der Waals surface area (Å²) < 4.78 is 6.07. The lowest BCUT2D eigenvalue weighted by Crippen LogP contribution is -2.17. The van der Waals surface area contributed by atoms with Gasteiger partial charge in [-0.1, -0.05) is 15.9 Å². The molecule has 0 radical (unpaired) electrons. The molecule has 0 unspecified atom stereocenters. The number of nitrogens with zero attached hydrogens (tertiary/aromatic N) is 3. The van der Waals surface area contributed by atoms with Crippen molar-refractivity contribution in [3.05, 3.63) is 108 Å². The van der Waals surface area contributed by atoms with Crippen molar-refractivity contribution < 1.29 is 24.2 Å². The number of amides is 1. The third kappa shape index (κ3) is 6.04. The second kappa shape index (κ2) is 10.2. The summed E-state index contributed by atoms with van der Waals surface area (Å²) in [5, 5.41) is 25.6. The predicted molar refractivity (Wildman–Crippen MR) is 120 cm³/mol. The molecule has 0 saturated heterocycles. The monoisotopic (exact) mass is 512 g/mol. The molecule has 0 bridgehead atoms. The summed E-state index contributed by atoms with van der Waals surface area (Å²) in [5.41, 5.74) is 2.22. The van der Waals surface area contributed by atoms with Gasteiger partial charge in [0.1, 0.15) is 5.75 Å². The Kier molecular flexibility index (Phi) is 7.20. The first-order chi connectivity index (χ1) is 15.7. The number of carbonyl (C=O) groups is 2. The molecule has 166 valence electrons. The Balaban J connectivity index is 1.80. The van der Waals surface area contributed by atoms with E-state index in [2.05, 4.69) is 26.5 Å². The first-order valence-electron chi connectivity index (χ1n) is 9.08. The Morgan fingerprint density at radius 1 is 0.879 bits per heavy atom. The van der Waals surface area contributed by atoms with Gasteiger partial charge in [0.05, 0.1) is 21.6 Å². The van der Waals surface area contributed by atoms with Crippen LogP contribution in [0.15, 0.2) is 76.3 Å². The van der Waals surface area contributed by atoms with Crippen molar-refractivity contribution in [1.82, 2.24) is 5.43 Å². The number of nitrogens with one attached hydrogen (secondary N) is 1. The summed E-state index contributed by atoms with van der Waals surface area (Å²) >= 11 is 3.26. The van der Waals surface area contributed by atoms with Crippen molar-refractivity contribution in [1.29, 1.82) is 0 Å². The minimum Gasteiger partial charge on any atom is -0.422 e. The van der Waals surface area contributed by atoms with Gasteiger partial charge < -0.3 is 4.74 Å². The van der Waals surface area contributed by atoms with Crippen LogP contribution in [-0.4, -0.2) is 27.9 Å². The number of hydrazone groups is 1. The Bertz CT molecular complexity index is 1260. The quantitative estimate of drug-likeness (QED) is 0.163. The summed E-state index contributed by atoms with van der Waals surface area (Å²) in [6.07, 6.45) is 1.10. The van der Waals surface area contributed by atoms with Crippen LogP contribution in [-0.2, 0) is 0 Å². The summed E-state index contributed by atoms with van der Waals surface area (Å²) in [4.78, 5) is 45.2. The number of nitro benzene ring substituents is 2. The van der Waals surface area contributed by atoms with Crippen LogP contribution in [0.25, 0.3) is 0 Å². The summed E-state index contributed by atoms with van der Waals surface area (Å²) in [5.74, 6) is -1.42. The number of esters is 1. The number of non-ortho nitro benzene ring substituents is 2. The molecule has 0 spiro atoms. The molecular formula is C21H13BrN4O7. The predicted octanol–water partition coefficient (Wildman–Crippen LogP) is 4.25. The van der Waals surface area contributed by atoms with Crippen LogP contribution in [0.5, 0.6) is 5.75 Å². The molecule has 0 aliphatic heterocycles. The molecule has 12 heteroatoms. The topological polar surface area (TPSA) is 154 Å². The lowest BCUT2D eigenvalue weighted by Gasteiger charge is -2.07. The molecule has 0 aliphatic rings. The van der Waals surface area contributed by atoms with Gasteiger partial charge in [-0.25, -0.2) is 10.2 Å². The minimum absolute atomic E-state index is 0.0328. The average molecular weight is 513 g/mol. The molecule has 0 heterocycles. The molecule has 33 heavy (non-hydrogen) atoms. The zero-order valence-electron chi connectivity index (χ0n) is 16.5.